The second kappa shape index (κ2) is 6.24. The van der Waals surface area contributed by atoms with Gasteiger partial charge in [-0.3, -0.25) is 5.43 Å². The van der Waals surface area contributed by atoms with Crippen LogP contribution in [0.5, 0.6) is 0 Å². The lowest BCUT2D eigenvalue weighted by Crippen LogP contribution is -2.25. The molecule has 1 N–H and O–H groups in total. The first-order valence-electron chi connectivity index (χ1n) is 6.16. The number of halogens is 1. The van der Waals surface area contributed by atoms with Crippen LogP contribution in [0.4, 0.5) is 5.69 Å². The maximum absolute atomic E-state index is 4.54. The summed E-state index contributed by atoms with van der Waals surface area (Å²) in [6.07, 6.45) is 0. The topological polar surface area (TPSA) is 36.8 Å². The van der Waals surface area contributed by atoms with Crippen molar-refractivity contribution in [2.24, 2.45) is 10.1 Å². The molecule has 0 fully saturated rings. The predicted octanol–water partition coefficient (Wildman–Crippen LogP) is 4.18. The molecule has 3 rings (SSSR count). The number of rotatable bonds is 2. The van der Waals surface area contributed by atoms with E-state index in [-0.39, 0.29) is 0 Å². The van der Waals surface area contributed by atoms with E-state index in [0.29, 0.717) is 0 Å². The summed E-state index contributed by atoms with van der Waals surface area (Å²) in [5, 5.41) is 5.23. The van der Waals surface area contributed by atoms with Crippen LogP contribution >= 0.6 is 27.7 Å². The Kier molecular flexibility index (Phi) is 4.18. The number of nitrogens with zero attached hydrogens (tertiary/aromatic N) is 2. The maximum Gasteiger partial charge on any atom is 0.182 e. The van der Waals surface area contributed by atoms with E-state index < -0.39 is 0 Å². The minimum atomic E-state index is 0.822. The molecule has 0 aromatic heterocycles. The Balaban J connectivity index is 1.76. The molecule has 1 aliphatic rings. The smallest absolute Gasteiger partial charge is 0.182 e. The molecule has 0 unspecified atom stereocenters. The van der Waals surface area contributed by atoms with Gasteiger partial charge in [0.25, 0.3) is 0 Å². The Morgan fingerprint density at radius 1 is 1.10 bits per heavy atom. The van der Waals surface area contributed by atoms with Gasteiger partial charge in [-0.05, 0) is 23.8 Å². The normalized spacial score (nSPS) is 16.6. The highest BCUT2D eigenvalue weighted by Crippen LogP contribution is 2.21. The largest absolute Gasteiger partial charge is 0.255 e. The van der Waals surface area contributed by atoms with Crippen molar-refractivity contribution in [3.8, 4) is 0 Å². The first-order chi connectivity index (χ1) is 9.81. The molecule has 5 heteroatoms. The quantitative estimate of drug-likeness (QED) is 0.886. The minimum Gasteiger partial charge on any atom is -0.255 e. The summed E-state index contributed by atoms with van der Waals surface area (Å²) in [4.78, 5) is 4.54. The van der Waals surface area contributed by atoms with Crippen molar-refractivity contribution >= 4 is 44.3 Å². The molecule has 0 atom stereocenters. The highest BCUT2D eigenvalue weighted by molar-refractivity contribution is 9.10. The lowest BCUT2D eigenvalue weighted by atomic mass is 10.1. The molecular formula is C15H12BrN3S. The van der Waals surface area contributed by atoms with E-state index in [4.69, 9.17) is 0 Å². The van der Waals surface area contributed by atoms with Crippen LogP contribution < -0.4 is 5.43 Å². The lowest BCUT2D eigenvalue weighted by Gasteiger charge is -2.14. The van der Waals surface area contributed by atoms with Gasteiger partial charge in [0.15, 0.2) is 5.17 Å². The lowest BCUT2D eigenvalue weighted by molar-refractivity contribution is 1.03. The van der Waals surface area contributed by atoms with Crippen molar-refractivity contribution in [2.75, 3.05) is 5.75 Å². The van der Waals surface area contributed by atoms with Crippen molar-refractivity contribution in [3.05, 3.63) is 64.6 Å². The Labute approximate surface area is 130 Å². The summed E-state index contributed by atoms with van der Waals surface area (Å²) >= 11 is 5.10. The van der Waals surface area contributed by atoms with E-state index >= 15 is 0 Å². The van der Waals surface area contributed by atoms with Crippen LogP contribution in [0.25, 0.3) is 0 Å². The maximum atomic E-state index is 4.54. The SMILES string of the molecule is Brc1cccc(N=C2NN=C(c3ccccc3)CS2)c1. The van der Waals surface area contributed by atoms with Gasteiger partial charge in [0.2, 0.25) is 0 Å². The molecule has 0 radical (unpaired) electrons. The zero-order chi connectivity index (χ0) is 13.8. The molecule has 20 heavy (non-hydrogen) atoms. The Morgan fingerprint density at radius 3 is 2.65 bits per heavy atom. The molecule has 0 amide bonds. The predicted molar refractivity (Wildman–Crippen MR) is 89.8 cm³/mol. The van der Waals surface area contributed by atoms with Crippen LogP contribution in [0, 0.1) is 0 Å². The van der Waals surface area contributed by atoms with Gasteiger partial charge in [0, 0.05) is 10.2 Å². The summed E-state index contributed by atoms with van der Waals surface area (Å²) in [7, 11) is 0. The Morgan fingerprint density at radius 2 is 1.95 bits per heavy atom. The van der Waals surface area contributed by atoms with E-state index in [9.17, 15) is 0 Å². The number of hydrogen-bond acceptors (Lipinski definition) is 3. The molecule has 1 heterocycles. The molecule has 2 aromatic carbocycles. The van der Waals surface area contributed by atoms with E-state index in [1.165, 1.54) is 0 Å². The number of hydrazone groups is 1. The third kappa shape index (κ3) is 3.29. The van der Waals surface area contributed by atoms with E-state index in [0.717, 1.165) is 32.4 Å². The molecular weight excluding hydrogens is 334 g/mol. The number of hydrogen-bond donors (Lipinski definition) is 1. The molecule has 2 aromatic rings. The van der Waals surface area contributed by atoms with Crippen molar-refractivity contribution in [1.29, 1.82) is 0 Å². The Hall–Kier alpha value is -1.59. The zero-order valence-corrected chi connectivity index (χ0v) is 13.0. The molecule has 0 bridgehead atoms. The zero-order valence-electron chi connectivity index (χ0n) is 10.6. The number of benzene rings is 2. The van der Waals surface area contributed by atoms with Crippen molar-refractivity contribution in [1.82, 2.24) is 5.43 Å². The van der Waals surface area contributed by atoms with Gasteiger partial charge in [-0.2, -0.15) is 5.10 Å². The third-order valence-corrected chi connectivity index (χ3v) is 4.15. The number of thioether (sulfide) groups is 1. The molecule has 100 valence electrons. The van der Waals surface area contributed by atoms with Gasteiger partial charge in [-0.15, -0.1) is 0 Å². The van der Waals surface area contributed by atoms with Gasteiger partial charge in [0.1, 0.15) is 0 Å². The van der Waals surface area contributed by atoms with E-state index in [1.807, 2.05) is 42.5 Å². The van der Waals surface area contributed by atoms with Crippen LogP contribution in [0.3, 0.4) is 0 Å². The third-order valence-electron chi connectivity index (χ3n) is 2.78. The average molecular weight is 346 g/mol. The summed E-state index contributed by atoms with van der Waals surface area (Å²) < 4.78 is 1.02. The van der Waals surface area contributed by atoms with E-state index in [1.54, 1.807) is 11.8 Å². The fraction of sp³-hybridized carbons (Fsp3) is 0.0667. The van der Waals surface area contributed by atoms with E-state index in [2.05, 4.69) is 43.6 Å². The summed E-state index contributed by atoms with van der Waals surface area (Å²) in [5.74, 6) is 0.823. The molecule has 0 aliphatic carbocycles. The van der Waals surface area contributed by atoms with Crippen molar-refractivity contribution < 1.29 is 0 Å². The monoisotopic (exact) mass is 345 g/mol. The highest BCUT2D eigenvalue weighted by atomic mass is 79.9. The standard InChI is InChI=1S/C15H12BrN3S/c16-12-7-4-8-13(9-12)17-15-19-18-14(10-20-15)11-5-2-1-3-6-11/h1-9H,10H2,(H,17,19). The fourth-order valence-electron chi connectivity index (χ4n) is 1.82. The van der Waals surface area contributed by atoms with Gasteiger partial charge in [-0.25, -0.2) is 4.99 Å². The summed E-state index contributed by atoms with van der Waals surface area (Å²) in [5.41, 5.74) is 6.12. The number of nitrogens with one attached hydrogen (secondary N) is 1. The highest BCUT2D eigenvalue weighted by Gasteiger charge is 2.12. The van der Waals surface area contributed by atoms with Crippen molar-refractivity contribution in [2.45, 2.75) is 0 Å². The second-order valence-electron chi connectivity index (χ2n) is 4.22. The van der Waals surface area contributed by atoms with Crippen LogP contribution in [-0.2, 0) is 0 Å². The van der Waals surface area contributed by atoms with Gasteiger partial charge in [-0.1, -0.05) is 64.1 Å². The van der Waals surface area contributed by atoms with Crippen LogP contribution in [0.1, 0.15) is 5.56 Å². The molecule has 0 spiro atoms. The fourth-order valence-corrected chi connectivity index (χ4v) is 2.99. The summed E-state index contributed by atoms with van der Waals surface area (Å²) in [6.45, 7) is 0. The van der Waals surface area contributed by atoms with Gasteiger partial charge >= 0.3 is 0 Å². The van der Waals surface area contributed by atoms with Gasteiger partial charge < -0.3 is 0 Å². The molecule has 0 saturated heterocycles. The van der Waals surface area contributed by atoms with Crippen LogP contribution in [0.15, 0.2) is 69.2 Å². The molecule has 1 aliphatic heterocycles. The van der Waals surface area contributed by atoms with Gasteiger partial charge in [0.05, 0.1) is 11.4 Å². The first-order valence-corrected chi connectivity index (χ1v) is 7.94. The average Bonchev–Trinajstić information content (AvgIpc) is 2.49. The van der Waals surface area contributed by atoms with Crippen molar-refractivity contribution in [3.63, 3.8) is 0 Å². The van der Waals surface area contributed by atoms with Crippen LogP contribution in [0.2, 0.25) is 0 Å². The van der Waals surface area contributed by atoms with Crippen LogP contribution in [-0.4, -0.2) is 16.6 Å². The first kappa shape index (κ1) is 13.4. The summed E-state index contributed by atoms with van der Waals surface area (Å²) in [6, 6.07) is 18.1. The second-order valence-corrected chi connectivity index (χ2v) is 6.10. The molecule has 3 nitrogen and oxygen atoms in total. The number of aliphatic imine (C=N–C) groups is 1. The minimum absolute atomic E-state index is 0.822. The Bertz CT molecular complexity index is 668. The molecule has 0 saturated carbocycles. The number of amidine groups is 1.